The molecular weight excluding hydrogens is 583 g/mol. The van der Waals surface area contributed by atoms with E-state index in [1.807, 2.05) is 24.3 Å². The fourth-order valence-electron chi connectivity index (χ4n) is 4.89. The Bertz CT molecular complexity index is 1790. The normalized spacial score (nSPS) is 13.5. The van der Waals surface area contributed by atoms with Crippen LogP contribution in [0.4, 0.5) is 14.9 Å². The molecule has 4 heterocycles. The van der Waals surface area contributed by atoms with Gasteiger partial charge in [0.25, 0.3) is 12.0 Å². The number of halogens is 2. The number of alkyl halides is 1. The van der Waals surface area contributed by atoms with Crippen molar-refractivity contribution >= 4 is 29.9 Å². The first kappa shape index (κ1) is 29.1. The Kier molecular flexibility index (Phi) is 8.86. The largest absolute Gasteiger partial charge is 0.483 e. The van der Waals surface area contributed by atoms with E-state index in [2.05, 4.69) is 35.5 Å². The highest BCUT2D eigenvalue weighted by Crippen LogP contribution is 2.34. The highest BCUT2D eigenvalue weighted by Gasteiger charge is 2.28. The average Bonchev–Trinajstić information content (AvgIpc) is 3.78. The van der Waals surface area contributed by atoms with Crippen molar-refractivity contribution in [3.8, 4) is 28.1 Å². The van der Waals surface area contributed by atoms with E-state index in [4.69, 9.17) is 21.5 Å². The quantitative estimate of drug-likeness (QED) is 0.229. The summed E-state index contributed by atoms with van der Waals surface area (Å²) in [6.07, 6.45) is 3.90. The van der Waals surface area contributed by atoms with E-state index in [1.165, 1.54) is 11.0 Å². The molecule has 0 fully saturated rings. The number of carbonyl (C=O) groups is 2. The van der Waals surface area contributed by atoms with E-state index in [9.17, 15) is 14.0 Å². The number of fused-ring (bicyclic) bond motifs is 1. The SMILES string of the molecule is O=C(Nc1ccc(-c2cnc([C@@H]3CCc4cc(-c5cc(Cl)ccc5-n5cnnn5)cc(=O)n43)[nH]2)cc1)OCCF.O=CO. The van der Waals surface area contributed by atoms with E-state index in [1.54, 1.807) is 41.1 Å². The van der Waals surface area contributed by atoms with Crippen molar-refractivity contribution in [2.24, 2.45) is 0 Å². The van der Waals surface area contributed by atoms with Crippen LogP contribution in [-0.2, 0) is 16.0 Å². The van der Waals surface area contributed by atoms with Gasteiger partial charge in [-0.2, -0.15) is 4.68 Å². The highest BCUT2D eigenvalue weighted by molar-refractivity contribution is 6.31. The van der Waals surface area contributed by atoms with Gasteiger partial charge in [-0.25, -0.2) is 14.2 Å². The number of hydrogen-bond donors (Lipinski definition) is 3. The van der Waals surface area contributed by atoms with Gasteiger partial charge in [0.1, 0.15) is 25.4 Å². The molecule has 1 amide bonds. The first-order chi connectivity index (χ1) is 20.9. The Morgan fingerprint density at radius 3 is 2.70 bits per heavy atom. The van der Waals surface area contributed by atoms with Gasteiger partial charge >= 0.3 is 6.09 Å². The van der Waals surface area contributed by atoms with Crippen molar-refractivity contribution in [3.63, 3.8) is 0 Å². The van der Waals surface area contributed by atoms with Gasteiger partial charge in [0.15, 0.2) is 0 Å². The van der Waals surface area contributed by atoms with E-state index in [-0.39, 0.29) is 24.7 Å². The summed E-state index contributed by atoms with van der Waals surface area (Å²) in [4.78, 5) is 41.3. The van der Waals surface area contributed by atoms with Crippen LogP contribution in [0, 0.1) is 0 Å². The number of hydrogen-bond acceptors (Lipinski definition) is 8. The zero-order valence-corrected chi connectivity index (χ0v) is 23.1. The molecule has 1 atom stereocenters. The molecule has 0 aliphatic carbocycles. The summed E-state index contributed by atoms with van der Waals surface area (Å²) in [5.41, 5.74) is 5.06. The molecule has 0 unspecified atom stereocenters. The number of aromatic amines is 1. The van der Waals surface area contributed by atoms with Gasteiger partial charge in [0.2, 0.25) is 0 Å². The lowest BCUT2D eigenvalue weighted by Gasteiger charge is -2.15. The van der Waals surface area contributed by atoms with Gasteiger partial charge < -0.3 is 19.4 Å². The second-order valence-corrected chi connectivity index (χ2v) is 9.67. The second kappa shape index (κ2) is 13.1. The third kappa shape index (κ3) is 6.43. The standard InChI is InChI=1S/C27H22ClFN8O3.CH2O2/c28-18-3-7-23(36-15-31-34-35-36)21(13-18)17-11-20-6-8-24(37(20)25(38)12-17)26-30-14-22(33-26)16-1-4-19(5-2-16)32-27(39)40-10-9-29;2-1-3/h1-5,7,11-15,24H,6,8-10H2,(H,30,33)(H,32,39);1H,(H,2,3)/t24-;/m0./s1. The zero-order valence-electron chi connectivity index (χ0n) is 22.4. The minimum absolute atomic E-state index is 0.148. The van der Waals surface area contributed by atoms with E-state index in [0.717, 1.165) is 28.1 Å². The number of rotatable bonds is 7. The predicted molar refractivity (Wildman–Crippen MR) is 154 cm³/mol. The number of tetrazole rings is 1. The number of ether oxygens (including phenoxy) is 1. The summed E-state index contributed by atoms with van der Waals surface area (Å²) in [6, 6.07) is 15.8. The third-order valence-electron chi connectivity index (χ3n) is 6.66. The number of benzene rings is 2. The second-order valence-electron chi connectivity index (χ2n) is 9.23. The maximum Gasteiger partial charge on any atom is 0.411 e. The Morgan fingerprint density at radius 2 is 1.98 bits per heavy atom. The van der Waals surface area contributed by atoms with Gasteiger partial charge in [-0.1, -0.05) is 23.7 Å². The van der Waals surface area contributed by atoms with Gasteiger partial charge in [-0.05, 0) is 70.8 Å². The van der Waals surface area contributed by atoms with Crippen molar-refractivity contribution in [2.75, 3.05) is 18.6 Å². The molecule has 43 heavy (non-hydrogen) atoms. The number of nitrogens with zero attached hydrogens (tertiary/aromatic N) is 6. The first-order valence-electron chi connectivity index (χ1n) is 12.9. The van der Waals surface area contributed by atoms with Crippen LogP contribution < -0.4 is 10.9 Å². The summed E-state index contributed by atoms with van der Waals surface area (Å²) < 4.78 is 20.2. The molecule has 15 heteroatoms. The summed E-state index contributed by atoms with van der Waals surface area (Å²) in [5.74, 6) is 0.678. The molecule has 1 aliphatic heterocycles. The van der Waals surface area contributed by atoms with Crippen LogP contribution in [0.2, 0.25) is 5.02 Å². The van der Waals surface area contributed by atoms with E-state index < -0.39 is 12.8 Å². The predicted octanol–water partition coefficient (Wildman–Crippen LogP) is 4.29. The number of carbonyl (C=O) groups excluding carboxylic acids is 1. The number of imidazole rings is 1. The van der Waals surface area contributed by atoms with Crippen LogP contribution in [0.1, 0.15) is 24.0 Å². The number of aromatic nitrogens is 7. The monoisotopic (exact) mass is 606 g/mol. The highest BCUT2D eigenvalue weighted by atomic mass is 35.5. The Morgan fingerprint density at radius 1 is 1.19 bits per heavy atom. The molecule has 5 aromatic rings. The number of nitrogens with one attached hydrogen (secondary N) is 2. The molecule has 0 radical (unpaired) electrons. The summed E-state index contributed by atoms with van der Waals surface area (Å²) in [7, 11) is 0. The van der Waals surface area contributed by atoms with Gasteiger partial charge in [0, 0.05) is 28.0 Å². The number of aryl methyl sites for hydroxylation is 1. The van der Waals surface area contributed by atoms with Crippen LogP contribution >= 0.6 is 11.6 Å². The van der Waals surface area contributed by atoms with Gasteiger partial charge in [0.05, 0.1) is 23.6 Å². The molecule has 0 saturated heterocycles. The molecule has 6 rings (SSSR count). The minimum atomic E-state index is -0.738. The first-order valence-corrected chi connectivity index (χ1v) is 13.3. The number of carboxylic acid groups (broad SMARTS) is 1. The molecule has 2 aromatic carbocycles. The lowest BCUT2D eigenvalue weighted by molar-refractivity contribution is -0.122. The molecule has 1 aliphatic rings. The molecule has 0 spiro atoms. The van der Waals surface area contributed by atoms with Crippen molar-refractivity contribution < 1.29 is 23.8 Å². The summed E-state index contributed by atoms with van der Waals surface area (Å²) in [6.45, 7) is -1.28. The maximum atomic E-state index is 13.4. The topological polar surface area (TPSA) is 170 Å². The fraction of sp³-hybridized carbons (Fsp3) is 0.179. The molecule has 13 nitrogen and oxygen atoms in total. The summed E-state index contributed by atoms with van der Waals surface area (Å²) in [5, 5.41) is 21.4. The molecule has 0 bridgehead atoms. The summed E-state index contributed by atoms with van der Waals surface area (Å²) >= 11 is 6.30. The van der Waals surface area contributed by atoms with Crippen molar-refractivity contribution in [1.29, 1.82) is 0 Å². The van der Waals surface area contributed by atoms with Crippen LogP contribution in [0.5, 0.6) is 0 Å². The maximum absolute atomic E-state index is 13.4. The number of anilines is 1. The minimum Gasteiger partial charge on any atom is -0.483 e. The van der Waals surface area contributed by atoms with Crippen molar-refractivity contribution in [2.45, 2.75) is 18.9 Å². The molecule has 220 valence electrons. The average molecular weight is 607 g/mol. The molecular formula is C28H24ClFN8O5. The van der Waals surface area contributed by atoms with Crippen LogP contribution in [-0.4, -0.2) is 65.7 Å². The number of pyridine rings is 1. The third-order valence-corrected chi connectivity index (χ3v) is 6.90. The smallest absolute Gasteiger partial charge is 0.411 e. The van der Waals surface area contributed by atoms with Crippen LogP contribution in [0.3, 0.4) is 0 Å². The van der Waals surface area contributed by atoms with Gasteiger partial charge in [-0.15, -0.1) is 5.10 Å². The van der Waals surface area contributed by atoms with Crippen LogP contribution in [0.25, 0.3) is 28.1 Å². The number of H-pyrrole nitrogens is 1. The molecule has 3 N–H and O–H groups in total. The number of amides is 1. The Labute approximate surface area is 247 Å². The molecule has 0 saturated carbocycles. The lowest BCUT2D eigenvalue weighted by atomic mass is 10.0. The van der Waals surface area contributed by atoms with Crippen molar-refractivity contribution in [1.82, 2.24) is 34.7 Å². The molecule has 3 aromatic heterocycles. The van der Waals surface area contributed by atoms with Crippen LogP contribution in [0.15, 0.2) is 71.9 Å². The Hall–Kier alpha value is -5.37. The zero-order chi connectivity index (χ0) is 30.3. The van der Waals surface area contributed by atoms with Crippen molar-refractivity contribution in [3.05, 3.63) is 94.0 Å². The van der Waals surface area contributed by atoms with E-state index >= 15 is 0 Å². The lowest BCUT2D eigenvalue weighted by Crippen LogP contribution is -2.23. The van der Waals surface area contributed by atoms with Gasteiger partial charge in [-0.3, -0.25) is 14.9 Å². The fourth-order valence-corrected chi connectivity index (χ4v) is 5.06. The Balaban J connectivity index is 0.00000118. The van der Waals surface area contributed by atoms with E-state index in [0.29, 0.717) is 35.1 Å².